The van der Waals surface area contributed by atoms with Gasteiger partial charge in [0.15, 0.2) is 6.04 Å². The van der Waals surface area contributed by atoms with Crippen molar-refractivity contribution in [1.29, 1.82) is 0 Å². The van der Waals surface area contributed by atoms with E-state index in [0.717, 1.165) is 0 Å². The summed E-state index contributed by atoms with van der Waals surface area (Å²) < 4.78 is 5.17. The maximum atomic E-state index is 11.8. The van der Waals surface area contributed by atoms with Crippen molar-refractivity contribution in [3.8, 4) is 0 Å². The molecule has 0 aliphatic heterocycles. The predicted octanol–water partition coefficient (Wildman–Crippen LogP) is 2.19. The highest BCUT2D eigenvalue weighted by molar-refractivity contribution is 6.31. The number of hydrogen-bond donors (Lipinski definition) is 3. The first kappa shape index (κ1) is 17.3. The smallest absolute Gasteiger partial charge is 0.331 e. The molecule has 21 heavy (non-hydrogen) atoms. The summed E-state index contributed by atoms with van der Waals surface area (Å²) in [6, 6.07) is 4.46. The van der Waals surface area contributed by atoms with Gasteiger partial charge in [0, 0.05) is 17.2 Å². The molecule has 0 saturated heterocycles. The van der Waals surface area contributed by atoms with Gasteiger partial charge in [-0.15, -0.1) is 0 Å². The summed E-state index contributed by atoms with van der Waals surface area (Å²) in [6.07, 6.45) is 0. The summed E-state index contributed by atoms with van der Waals surface area (Å²) in [5, 5.41) is 14.5. The van der Waals surface area contributed by atoms with Crippen LogP contribution in [-0.4, -0.2) is 36.4 Å². The zero-order valence-electron chi connectivity index (χ0n) is 11.9. The molecule has 0 aliphatic carbocycles. The lowest BCUT2D eigenvalue weighted by Gasteiger charge is -2.19. The van der Waals surface area contributed by atoms with Crippen LogP contribution >= 0.6 is 11.6 Å². The van der Waals surface area contributed by atoms with Gasteiger partial charge in [0.25, 0.3) is 0 Å². The van der Waals surface area contributed by atoms with Crippen LogP contribution in [-0.2, 0) is 9.53 Å². The number of urea groups is 1. The van der Waals surface area contributed by atoms with Gasteiger partial charge in [-0.05, 0) is 19.9 Å². The number of carboxylic acid groups (broad SMARTS) is 1. The van der Waals surface area contributed by atoms with Gasteiger partial charge in [-0.25, -0.2) is 9.59 Å². The lowest BCUT2D eigenvalue weighted by atomic mass is 10.1. The second-order valence-corrected chi connectivity index (χ2v) is 4.88. The number of aliphatic carboxylic acids is 1. The first-order valence-electron chi connectivity index (χ1n) is 6.57. The standard InChI is InChI=1S/C14H19ClN2O4/c1-3-21-8-9(2)16-14(20)17-12(13(18)19)10-6-4-5-7-11(10)15/h4-7,9,12H,3,8H2,1-2H3,(H,18,19)(H2,16,17,20)/t9?,12-/m1/s1. The zero-order valence-corrected chi connectivity index (χ0v) is 12.7. The van der Waals surface area contributed by atoms with Crippen molar-refractivity contribution < 1.29 is 19.4 Å². The maximum absolute atomic E-state index is 11.8. The zero-order chi connectivity index (χ0) is 15.8. The molecule has 1 aromatic carbocycles. The molecule has 116 valence electrons. The minimum Gasteiger partial charge on any atom is -0.479 e. The van der Waals surface area contributed by atoms with Crippen molar-refractivity contribution in [2.45, 2.75) is 25.9 Å². The molecule has 0 bridgehead atoms. The van der Waals surface area contributed by atoms with E-state index >= 15 is 0 Å². The molecule has 1 rings (SSSR count). The van der Waals surface area contributed by atoms with E-state index in [1.807, 2.05) is 6.92 Å². The van der Waals surface area contributed by atoms with Gasteiger partial charge >= 0.3 is 12.0 Å². The number of amides is 2. The minimum atomic E-state index is -1.21. The summed E-state index contributed by atoms with van der Waals surface area (Å²) in [5.41, 5.74) is 0.333. The Morgan fingerprint density at radius 2 is 2.00 bits per heavy atom. The van der Waals surface area contributed by atoms with E-state index in [-0.39, 0.29) is 11.1 Å². The van der Waals surface area contributed by atoms with Crippen LogP contribution in [0.5, 0.6) is 0 Å². The van der Waals surface area contributed by atoms with Crippen LogP contribution in [0.15, 0.2) is 24.3 Å². The molecule has 1 unspecified atom stereocenters. The number of ether oxygens (including phenoxy) is 1. The number of rotatable bonds is 7. The van der Waals surface area contributed by atoms with Crippen molar-refractivity contribution >= 4 is 23.6 Å². The van der Waals surface area contributed by atoms with Crippen LogP contribution in [0.1, 0.15) is 25.5 Å². The van der Waals surface area contributed by atoms with E-state index < -0.39 is 18.0 Å². The molecule has 0 aromatic heterocycles. The monoisotopic (exact) mass is 314 g/mol. The molecule has 2 atom stereocenters. The van der Waals surface area contributed by atoms with Crippen LogP contribution in [0.25, 0.3) is 0 Å². The summed E-state index contributed by atoms with van der Waals surface area (Å²) in [6.45, 7) is 4.52. The highest BCUT2D eigenvalue weighted by Gasteiger charge is 2.24. The van der Waals surface area contributed by atoms with Crippen LogP contribution < -0.4 is 10.6 Å². The fourth-order valence-corrected chi connectivity index (χ4v) is 1.96. The summed E-state index contributed by atoms with van der Waals surface area (Å²) in [5.74, 6) is -1.18. The third-order valence-corrected chi connectivity index (χ3v) is 3.03. The van der Waals surface area contributed by atoms with E-state index in [1.165, 1.54) is 0 Å². The minimum absolute atomic E-state index is 0.231. The highest BCUT2D eigenvalue weighted by Crippen LogP contribution is 2.22. The van der Waals surface area contributed by atoms with E-state index in [2.05, 4.69) is 10.6 Å². The van der Waals surface area contributed by atoms with Crippen LogP contribution in [0.2, 0.25) is 5.02 Å². The van der Waals surface area contributed by atoms with Crippen molar-refractivity contribution in [2.75, 3.05) is 13.2 Å². The molecule has 0 radical (unpaired) electrons. The topological polar surface area (TPSA) is 87.7 Å². The average Bonchev–Trinajstić information content (AvgIpc) is 2.43. The van der Waals surface area contributed by atoms with Crippen LogP contribution in [0, 0.1) is 0 Å². The first-order valence-corrected chi connectivity index (χ1v) is 6.95. The first-order chi connectivity index (χ1) is 9.95. The number of hydrogen-bond acceptors (Lipinski definition) is 3. The average molecular weight is 315 g/mol. The molecule has 0 aliphatic rings. The number of nitrogens with one attached hydrogen (secondary N) is 2. The number of halogens is 1. The molecule has 6 nitrogen and oxygen atoms in total. The Morgan fingerprint density at radius 3 is 2.57 bits per heavy atom. The van der Waals surface area contributed by atoms with Crippen LogP contribution in [0.4, 0.5) is 4.79 Å². The maximum Gasteiger partial charge on any atom is 0.331 e. The highest BCUT2D eigenvalue weighted by atomic mass is 35.5. The Balaban J connectivity index is 2.70. The molecular formula is C14H19ClN2O4. The van der Waals surface area contributed by atoms with Gasteiger partial charge in [0.05, 0.1) is 12.6 Å². The largest absolute Gasteiger partial charge is 0.479 e. The van der Waals surface area contributed by atoms with Gasteiger partial charge in [0.1, 0.15) is 0 Å². The normalized spacial score (nSPS) is 13.3. The Hall–Kier alpha value is -1.79. The lowest BCUT2D eigenvalue weighted by Crippen LogP contribution is -2.45. The summed E-state index contributed by atoms with van der Waals surface area (Å²) >= 11 is 5.97. The van der Waals surface area contributed by atoms with Crippen molar-refractivity contribution in [2.24, 2.45) is 0 Å². The Bertz CT molecular complexity index is 496. The molecule has 7 heteroatoms. The van der Waals surface area contributed by atoms with Gasteiger partial charge in [-0.1, -0.05) is 29.8 Å². The van der Waals surface area contributed by atoms with E-state index in [1.54, 1.807) is 31.2 Å². The van der Waals surface area contributed by atoms with Gasteiger partial charge < -0.3 is 20.5 Å². The Kier molecular flexibility index (Phi) is 6.98. The number of benzene rings is 1. The molecule has 3 N–H and O–H groups in total. The van der Waals surface area contributed by atoms with Crippen molar-refractivity contribution in [3.05, 3.63) is 34.9 Å². The second kappa shape index (κ2) is 8.49. The number of carbonyl (C=O) groups excluding carboxylic acids is 1. The van der Waals surface area contributed by atoms with Gasteiger partial charge in [0.2, 0.25) is 0 Å². The van der Waals surface area contributed by atoms with Crippen LogP contribution in [0.3, 0.4) is 0 Å². The second-order valence-electron chi connectivity index (χ2n) is 4.47. The van der Waals surface area contributed by atoms with Gasteiger partial charge in [-0.2, -0.15) is 0 Å². The molecule has 0 heterocycles. The van der Waals surface area contributed by atoms with E-state index in [4.69, 9.17) is 16.3 Å². The Labute approximate surface area is 128 Å². The molecular weight excluding hydrogens is 296 g/mol. The molecule has 0 spiro atoms. The third kappa shape index (κ3) is 5.61. The van der Waals surface area contributed by atoms with Gasteiger partial charge in [-0.3, -0.25) is 0 Å². The van der Waals surface area contributed by atoms with Crippen molar-refractivity contribution in [1.82, 2.24) is 10.6 Å². The Morgan fingerprint density at radius 1 is 1.33 bits per heavy atom. The third-order valence-electron chi connectivity index (χ3n) is 2.69. The predicted molar refractivity (Wildman–Crippen MR) is 79.5 cm³/mol. The molecule has 0 saturated carbocycles. The van der Waals surface area contributed by atoms with E-state index in [9.17, 15) is 14.7 Å². The number of carbonyl (C=O) groups is 2. The number of carboxylic acids is 1. The molecule has 0 fully saturated rings. The SMILES string of the molecule is CCOCC(C)NC(=O)N[C@@H](C(=O)O)c1ccccc1Cl. The lowest BCUT2D eigenvalue weighted by molar-refractivity contribution is -0.139. The fourth-order valence-electron chi connectivity index (χ4n) is 1.71. The molecule has 1 aromatic rings. The quantitative estimate of drug-likeness (QED) is 0.720. The summed E-state index contributed by atoms with van der Waals surface area (Å²) in [4.78, 5) is 23.2. The van der Waals surface area contributed by atoms with Crippen molar-refractivity contribution in [3.63, 3.8) is 0 Å². The summed E-state index contributed by atoms with van der Waals surface area (Å²) in [7, 11) is 0. The molecule has 2 amide bonds. The van der Waals surface area contributed by atoms with E-state index in [0.29, 0.717) is 18.8 Å². The fraction of sp³-hybridized carbons (Fsp3) is 0.429.